The number of carbonyl (C=O) groups excluding carboxylic acids is 1. The Kier molecular flexibility index (Phi) is 4.95. The van der Waals surface area contributed by atoms with Crippen molar-refractivity contribution < 1.29 is 4.79 Å². The Hall–Kier alpha value is -0.230. The van der Waals surface area contributed by atoms with Crippen LogP contribution in [-0.4, -0.2) is 5.78 Å². The molecule has 0 unspecified atom stereocenters. The third-order valence-electron chi connectivity index (χ3n) is 2.32. The summed E-state index contributed by atoms with van der Waals surface area (Å²) in [5, 5.41) is 0. The van der Waals surface area contributed by atoms with Gasteiger partial charge in [0.2, 0.25) is 0 Å². The van der Waals surface area contributed by atoms with Crippen LogP contribution in [0.15, 0.2) is 32.5 Å². The Balaban J connectivity index is 2.11. The second-order valence-corrected chi connectivity index (χ2v) is 8.01. The summed E-state index contributed by atoms with van der Waals surface area (Å²) in [7, 11) is 0. The van der Waals surface area contributed by atoms with Gasteiger partial charge >= 0.3 is 0 Å². The molecule has 0 saturated carbocycles. The molecular formula is C13H10Br2OS2. The number of ketones is 1. The Labute approximate surface area is 131 Å². The van der Waals surface area contributed by atoms with E-state index in [0.717, 1.165) is 24.4 Å². The monoisotopic (exact) mass is 404 g/mol. The van der Waals surface area contributed by atoms with E-state index in [1.54, 1.807) is 28.7 Å². The molecule has 94 valence electrons. The molecule has 0 radical (unpaired) electrons. The predicted molar refractivity (Wildman–Crippen MR) is 86.8 cm³/mol. The largest absolute Gasteiger partial charge is 0.288 e. The number of rotatable bonds is 4. The summed E-state index contributed by atoms with van der Waals surface area (Å²) in [6.45, 7) is 2.09. The van der Waals surface area contributed by atoms with E-state index in [1.807, 2.05) is 24.3 Å². The molecule has 18 heavy (non-hydrogen) atoms. The molecule has 2 heterocycles. The summed E-state index contributed by atoms with van der Waals surface area (Å²) in [6, 6.07) is 5.91. The van der Waals surface area contributed by atoms with Crippen LogP contribution in [0.4, 0.5) is 0 Å². The molecule has 0 aromatic carbocycles. The van der Waals surface area contributed by atoms with Crippen LogP contribution < -0.4 is 0 Å². The third-order valence-corrected chi connectivity index (χ3v) is 6.78. The fourth-order valence-electron chi connectivity index (χ4n) is 1.39. The van der Waals surface area contributed by atoms with Gasteiger partial charge in [0.15, 0.2) is 5.78 Å². The summed E-state index contributed by atoms with van der Waals surface area (Å²) >= 11 is 10.0. The fraction of sp³-hybridized carbons (Fsp3) is 0.154. The maximum Gasteiger partial charge on any atom is 0.195 e. The quantitative estimate of drug-likeness (QED) is 0.464. The highest BCUT2D eigenvalue weighted by atomic mass is 79.9. The topological polar surface area (TPSA) is 17.1 Å². The third kappa shape index (κ3) is 3.41. The highest BCUT2D eigenvalue weighted by Crippen LogP contribution is 2.33. The zero-order chi connectivity index (χ0) is 13.1. The molecule has 0 aliphatic carbocycles. The van der Waals surface area contributed by atoms with Crippen LogP contribution in [0.2, 0.25) is 0 Å². The van der Waals surface area contributed by atoms with Gasteiger partial charge in [0.05, 0.1) is 8.66 Å². The predicted octanol–water partition coefficient (Wildman–Crippen LogP) is 5.79. The van der Waals surface area contributed by atoms with Crippen molar-refractivity contribution in [1.82, 2.24) is 0 Å². The molecule has 0 aliphatic rings. The van der Waals surface area contributed by atoms with E-state index in [-0.39, 0.29) is 5.78 Å². The molecule has 0 saturated heterocycles. The van der Waals surface area contributed by atoms with Crippen molar-refractivity contribution in [3.8, 4) is 0 Å². The number of hydrogen-bond donors (Lipinski definition) is 0. The number of hydrogen-bond acceptors (Lipinski definition) is 3. The highest BCUT2D eigenvalue weighted by Gasteiger charge is 2.06. The van der Waals surface area contributed by atoms with E-state index >= 15 is 0 Å². The van der Waals surface area contributed by atoms with E-state index in [2.05, 4.69) is 38.8 Å². The van der Waals surface area contributed by atoms with Crippen LogP contribution in [0, 0.1) is 0 Å². The van der Waals surface area contributed by atoms with Crippen LogP contribution in [-0.2, 0) is 6.42 Å². The second kappa shape index (κ2) is 6.28. The number of allylic oxidation sites excluding steroid dienone is 1. The van der Waals surface area contributed by atoms with Crippen molar-refractivity contribution in [3.05, 3.63) is 47.2 Å². The molecular weight excluding hydrogens is 396 g/mol. The van der Waals surface area contributed by atoms with Crippen molar-refractivity contribution in [3.63, 3.8) is 0 Å². The van der Waals surface area contributed by atoms with Crippen LogP contribution in [0.1, 0.15) is 26.3 Å². The van der Waals surface area contributed by atoms with Crippen LogP contribution in [0.25, 0.3) is 6.08 Å². The van der Waals surface area contributed by atoms with Crippen LogP contribution in [0.5, 0.6) is 0 Å². The minimum atomic E-state index is 0.0698. The van der Waals surface area contributed by atoms with Gasteiger partial charge in [-0.15, -0.1) is 22.7 Å². The van der Waals surface area contributed by atoms with E-state index in [9.17, 15) is 4.79 Å². The van der Waals surface area contributed by atoms with Gasteiger partial charge < -0.3 is 0 Å². The van der Waals surface area contributed by atoms with Crippen molar-refractivity contribution >= 4 is 66.4 Å². The molecule has 5 heteroatoms. The van der Waals surface area contributed by atoms with Crippen molar-refractivity contribution in [1.29, 1.82) is 0 Å². The van der Waals surface area contributed by atoms with E-state index in [1.165, 1.54) is 4.88 Å². The van der Waals surface area contributed by atoms with E-state index < -0.39 is 0 Å². The molecule has 0 bridgehead atoms. The maximum atomic E-state index is 11.9. The number of carbonyl (C=O) groups is 1. The summed E-state index contributed by atoms with van der Waals surface area (Å²) in [6.07, 6.45) is 4.47. The lowest BCUT2D eigenvalue weighted by Crippen LogP contribution is -1.88. The van der Waals surface area contributed by atoms with Gasteiger partial charge in [-0.05, 0) is 68.6 Å². The first-order chi connectivity index (χ1) is 8.60. The first-order valence-electron chi connectivity index (χ1n) is 5.36. The van der Waals surface area contributed by atoms with Crippen molar-refractivity contribution in [2.75, 3.05) is 0 Å². The molecule has 1 nitrogen and oxygen atoms in total. The standard InChI is InChI=1S/C13H10Br2OS2/c1-2-8-4-6-12(17-8)11(16)5-3-9-7-10(14)13(15)18-9/h3-7H,2H2,1H3/b5-3+. The molecule has 0 atom stereocenters. The normalized spacial score (nSPS) is 11.3. The number of aryl methyl sites for hydroxylation is 1. The average molecular weight is 406 g/mol. The van der Waals surface area contributed by atoms with Gasteiger partial charge in [-0.2, -0.15) is 0 Å². The van der Waals surface area contributed by atoms with Gasteiger partial charge in [0.25, 0.3) is 0 Å². The Bertz CT molecular complexity index is 576. The van der Waals surface area contributed by atoms with E-state index in [0.29, 0.717) is 0 Å². The lowest BCUT2D eigenvalue weighted by Gasteiger charge is -1.88. The Morgan fingerprint density at radius 3 is 2.67 bits per heavy atom. The molecule has 2 aromatic rings. The van der Waals surface area contributed by atoms with Gasteiger partial charge in [-0.1, -0.05) is 6.92 Å². The zero-order valence-corrected chi connectivity index (χ0v) is 14.4. The lowest BCUT2D eigenvalue weighted by molar-refractivity contribution is 0.105. The summed E-state index contributed by atoms with van der Waals surface area (Å²) in [4.78, 5) is 15.0. The Morgan fingerprint density at radius 1 is 1.33 bits per heavy atom. The fourth-order valence-corrected chi connectivity index (χ4v) is 4.25. The minimum Gasteiger partial charge on any atom is -0.288 e. The summed E-state index contributed by atoms with van der Waals surface area (Å²) in [5.41, 5.74) is 0. The maximum absolute atomic E-state index is 11.9. The smallest absolute Gasteiger partial charge is 0.195 e. The number of halogens is 2. The first kappa shape index (κ1) is 14.2. The van der Waals surface area contributed by atoms with Crippen LogP contribution >= 0.6 is 54.5 Å². The van der Waals surface area contributed by atoms with Crippen molar-refractivity contribution in [2.45, 2.75) is 13.3 Å². The van der Waals surface area contributed by atoms with Gasteiger partial charge in [0.1, 0.15) is 0 Å². The SMILES string of the molecule is CCc1ccc(C(=O)/C=C/c2cc(Br)c(Br)s2)s1. The summed E-state index contributed by atoms with van der Waals surface area (Å²) < 4.78 is 2.06. The second-order valence-electron chi connectivity index (χ2n) is 3.59. The van der Waals surface area contributed by atoms with Gasteiger partial charge in [-0.25, -0.2) is 0 Å². The average Bonchev–Trinajstić information content (AvgIpc) is 2.94. The first-order valence-corrected chi connectivity index (χ1v) is 8.58. The molecule has 0 N–H and O–H groups in total. The van der Waals surface area contributed by atoms with Gasteiger partial charge in [0, 0.05) is 14.2 Å². The zero-order valence-electron chi connectivity index (χ0n) is 9.57. The Morgan fingerprint density at radius 2 is 2.11 bits per heavy atom. The lowest BCUT2D eigenvalue weighted by atomic mass is 10.2. The van der Waals surface area contributed by atoms with Crippen LogP contribution in [0.3, 0.4) is 0 Å². The molecule has 0 amide bonds. The van der Waals surface area contributed by atoms with Gasteiger partial charge in [-0.3, -0.25) is 4.79 Å². The molecule has 0 aliphatic heterocycles. The highest BCUT2D eigenvalue weighted by molar-refractivity contribution is 9.13. The molecule has 2 rings (SSSR count). The molecule has 2 aromatic heterocycles. The van der Waals surface area contributed by atoms with Crippen molar-refractivity contribution in [2.24, 2.45) is 0 Å². The summed E-state index contributed by atoms with van der Waals surface area (Å²) in [5.74, 6) is 0.0698. The molecule has 0 fully saturated rings. The molecule has 0 spiro atoms. The number of thiophene rings is 2. The van der Waals surface area contributed by atoms with E-state index in [4.69, 9.17) is 0 Å². The minimum absolute atomic E-state index is 0.0698.